The first-order chi connectivity index (χ1) is 5.81. The van der Waals surface area contributed by atoms with E-state index < -0.39 is 0 Å². The Hall–Kier alpha value is -1.22. The molecule has 62 valence electrons. The topological polar surface area (TPSA) is 35.3 Å². The first-order valence-corrected chi connectivity index (χ1v) is 3.77. The third-order valence-electron chi connectivity index (χ3n) is 1.63. The second-order valence-electron chi connectivity index (χ2n) is 2.35. The summed E-state index contributed by atoms with van der Waals surface area (Å²) in [5.41, 5.74) is 0.667. The summed E-state index contributed by atoms with van der Waals surface area (Å²) in [6.07, 6.45) is 1.62. The molecule has 0 atom stereocenters. The molecule has 1 aromatic carbocycles. The second-order valence-corrected chi connectivity index (χ2v) is 2.76. The fourth-order valence-corrected chi connectivity index (χ4v) is 1.26. The minimum atomic E-state index is 0.529. The van der Waals surface area contributed by atoms with Crippen molar-refractivity contribution in [2.45, 2.75) is 0 Å². The molecule has 2 rings (SSSR count). The van der Waals surface area contributed by atoms with E-state index in [-0.39, 0.29) is 0 Å². The van der Waals surface area contributed by atoms with Gasteiger partial charge in [0.2, 0.25) is 0 Å². The van der Waals surface area contributed by atoms with Gasteiger partial charge in [-0.05, 0) is 6.07 Å². The maximum absolute atomic E-state index is 5.85. The molecule has 2 aromatic rings. The van der Waals surface area contributed by atoms with E-state index in [0.29, 0.717) is 16.4 Å². The Balaban J connectivity index is 2.73. The quantitative estimate of drug-likeness (QED) is 0.682. The van der Waals surface area contributed by atoms with Crippen LogP contribution in [0.2, 0.25) is 5.02 Å². The van der Waals surface area contributed by atoms with Gasteiger partial charge in [0.05, 0.1) is 18.3 Å². The van der Waals surface area contributed by atoms with Crippen molar-refractivity contribution in [3.8, 4) is 5.75 Å². The van der Waals surface area contributed by atoms with Crippen molar-refractivity contribution < 1.29 is 9.26 Å². The fraction of sp³-hybridized carbons (Fsp3) is 0.125. The highest BCUT2D eigenvalue weighted by Crippen LogP contribution is 2.29. The number of aromatic nitrogens is 1. The van der Waals surface area contributed by atoms with Crippen LogP contribution in [0.25, 0.3) is 11.0 Å². The summed E-state index contributed by atoms with van der Waals surface area (Å²) in [6, 6.07) is 3.47. The highest BCUT2D eigenvalue weighted by molar-refractivity contribution is 6.32. The predicted octanol–water partition coefficient (Wildman–Crippen LogP) is 2.49. The van der Waals surface area contributed by atoms with Crippen molar-refractivity contribution >= 4 is 22.6 Å². The summed E-state index contributed by atoms with van der Waals surface area (Å²) in [7, 11) is 1.57. The lowest BCUT2D eigenvalue weighted by molar-refractivity contribution is 0.415. The monoisotopic (exact) mass is 183 g/mol. The highest BCUT2D eigenvalue weighted by Gasteiger charge is 2.05. The molecule has 0 aliphatic heterocycles. The van der Waals surface area contributed by atoms with E-state index in [1.165, 1.54) is 0 Å². The van der Waals surface area contributed by atoms with Crippen molar-refractivity contribution in [3.05, 3.63) is 23.4 Å². The number of benzene rings is 1. The standard InChI is InChI=1S/C8H6ClNO2/c1-11-8-2-5-4-10-12-7(5)3-6(8)9/h2-4H,1H3. The van der Waals surface area contributed by atoms with Gasteiger partial charge in [-0.25, -0.2) is 0 Å². The molecule has 3 nitrogen and oxygen atoms in total. The second kappa shape index (κ2) is 2.68. The summed E-state index contributed by atoms with van der Waals surface area (Å²) in [6.45, 7) is 0. The Morgan fingerprint density at radius 1 is 1.50 bits per heavy atom. The molecule has 0 radical (unpaired) electrons. The largest absolute Gasteiger partial charge is 0.495 e. The minimum Gasteiger partial charge on any atom is -0.495 e. The molecule has 0 N–H and O–H groups in total. The maximum Gasteiger partial charge on any atom is 0.168 e. The fourth-order valence-electron chi connectivity index (χ4n) is 1.03. The number of hydrogen-bond acceptors (Lipinski definition) is 3. The molecule has 12 heavy (non-hydrogen) atoms. The predicted molar refractivity (Wildman–Crippen MR) is 45.6 cm³/mol. The lowest BCUT2D eigenvalue weighted by atomic mass is 10.2. The van der Waals surface area contributed by atoms with E-state index in [2.05, 4.69) is 5.16 Å². The average Bonchev–Trinajstić information content (AvgIpc) is 2.49. The molecule has 0 amide bonds. The average molecular weight is 184 g/mol. The zero-order valence-corrected chi connectivity index (χ0v) is 7.13. The Kier molecular flexibility index (Phi) is 1.66. The molecule has 1 aromatic heterocycles. The number of rotatable bonds is 1. The smallest absolute Gasteiger partial charge is 0.168 e. The Morgan fingerprint density at radius 3 is 3.08 bits per heavy atom. The first-order valence-electron chi connectivity index (χ1n) is 3.39. The van der Waals surface area contributed by atoms with Crippen molar-refractivity contribution in [1.82, 2.24) is 5.16 Å². The van der Waals surface area contributed by atoms with Crippen LogP contribution in [0.4, 0.5) is 0 Å². The van der Waals surface area contributed by atoms with E-state index in [1.807, 2.05) is 0 Å². The molecule has 0 aliphatic carbocycles. The van der Waals surface area contributed by atoms with Crippen molar-refractivity contribution in [2.75, 3.05) is 7.11 Å². The van der Waals surface area contributed by atoms with Crippen LogP contribution in [-0.2, 0) is 0 Å². The van der Waals surface area contributed by atoms with Gasteiger partial charge in [0.25, 0.3) is 0 Å². The molecular weight excluding hydrogens is 178 g/mol. The molecule has 0 aliphatic rings. The minimum absolute atomic E-state index is 0.529. The number of halogens is 1. The molecular formula is C8H6ClNO2. The van der Waals surface area contributed by atoms with Crippen LogP contribution in [0.1, 0.15) is 0 Å². The molecule has 4 heteroatoms. The highest BCUT2D eigenvalue weighted by atomic mass is 35.5. The van der Waals surface area contributed by atoms with E-state index in [1.54, 1.807) is 25.4 Å². The molecule has 0 bridgehead atoms. The van der Waals surface area contributed by atoms with E-state index in [0.717, 1.165) is 5.39 Å². The Labute approximate surface area is 73.9 Å². The van der Waals surface area contributed by atoms with Gasteiger partial charge in [-0.15, -0.1) is 0 Å². The van der Waals surface area contributed by atoms with Gasteiger partial charge in [0.15, 0.2) is 5.58 Å². The van der Waals surface area contributed by atoms with Gasteiger partial charge in [-0.1, -0.05) is 16.8 Å². The number of methoxy groups -OCH3 is 1. The van der Waals surface area contributed by atoms with Crippen LogP contribution in [0.15, 0.2) is 22.9 Å². The van der Waals surface area contributed by atoms with E-state index in [4.69, 9.17) is 20.9 Å². The lowest BCUT2D eigenvalue weighted by Gasteiger charge is -2.00. The molecule has 1 heterocycles. The molecule has 0 saturated heterocycles. The summed E-state index contributed by atoms with van der Waals surface area (Å²) in [5, 5.41) is 5.04. The maximum atomic E-state index is 5.85. The lowest BCUT2D eigenvalue weighted by Crippen LogP contribution is -1.82. The van der Waals surface area contributed by atoms with Crippen LogP contribution in [0.5, 0.6) is 5.75 Å². The van der Waals surface area contributed by atoms with Crippen LogP contribution in [0.3, 0.4) is 0 Å². The van der Waals surface area contributed by atoms with Crippen LogP contribution in [0, 0.1) is 0 Å². The molecule has 0 saturated carbocycles. The van der Waals surface area contributed by atoms with E-state index in [9.17, 15) is 0 Å². The van der Waals surface area contributed by atoms with Crippen molar-refractivity contribution in [2.24, 2.45) is 0 Å². The van der Waals surface area contributed by atoms with Gasteiger partial charge in [0, 0.05) is 11.5 Å². The first kappa shape index (κ1) is 7.43. The number of nitrogens with zero attached hydrogens (tertiary/aromatic N) is 1. The zero-order valence-electron chi connectivity index (χ0n) is 6.37. The van der Waals surface area contributed by atoms with Crippen LogP contribution in [-0.4, -0.2) is 12.3 Å². The van der Waals surface area contributed by atoms with Crippen molar-refractivity contribution in [3.63, 3.8) is 0 Å². The van der Waals surface area contributed by atoms with Gasteiger partial charge in [-0.3, -0.25) is 0 Å². The van der Waals surface area contributed by atoms with Crippen LogP contribution >= 0.6 is 11.6 Å². The van der Waals surface area contributed by atoms with Gasteiger partial charge in [0.1, 0.15) is 5.75 Å². The Morgan fingerprint density at radius 2 is 2.33 bits per heavy atom. The van der Waals surface area contributed by atoms with Gasteiger partial charge >= 0.3 is 0 Å². The van der Waals surface area contributed by atoms with Crippen molar-refractivity contribution in [1.29, 1.82) is 0 Å². The molecule has 0 spiro atoms. The summed E-state index contributed by atoms with van der Waals surface area (Å²) in [4.78, 5) is 0. The Bertz CT molecular complexity index is 410. The van der Waals surface area contributed by atoms with Gasteiger partial charge < -0.3 is 9.26 Å². The SMILES string of the molecule is COc1cc2cnoc2cc1Cl. The molecule has 0 unspecified atom stereocenters. The third kappa shape index (κ3) is 1.02. The van der Waals surface area contributed by atoms with E-state index >= 15 is 0 Å². The summed E-state index contributed by atoms with van der Waals surface area (Å²) >= 11 is 5.85. The van der Waals surface area contributed by atoms with Gasteiger partial charge in [-0.2, -0.15) is 0 Å². The zero-order chi connectivity index (χ0) is 8.55. The summed E-state index contributed by atoms with van der Waals surface area (Å²) in [5.74, 6) is 0.632. The number of hydrogen-bond donors (Lipinski definition) is 0. The summed E-state index contributed by atoms with van der Waals surface area (Å²) < 4.78 is 9.93. The third-order valence-corrected chi connectivity index (χ3v) is 1.92. The van der Waals surface area contributed by atoms with Crippen LogP contribution < -0.4 is 4.74 Å². The molecule has 0 fully saturated rings. The normalized spacial score (nSPS) is 10.5. The number of fused-ring (bicyclic) bond motifs is 1. The number of ether oxygens (including phenoxy) is 1.